The summed E-state index contributed by atoms with van der Waals surface area (Å²) in [4.78, 5) is 11.0. The van der Waals surface area contributed by atoms with Crippen LogP contribution in [0.3, 0.4) is 0 Å². The van der Waals surface area contributed by atoms with E-state index >= 15 is 0 Å². The van der Waals surface area contributed by atoms with E-state index in [2.05, 4.69) is 36.6 Å². The van der Waals surface area contributed by atoms with Crippen LogP contribution in [0, 0.1) is 6.92 Å². The van der Waals surface area contributed by atoms with Crippen molar-refractivity contribution < 1.29 is 4.79 Å². The average molecular weight is 204 g/mol. The van der Waals surface area contributed by atoms with Crippen molar-refractivity contribution in [1.29, 1.82) is 0 Å². The molecule has 3 nitrogen and oxygen atoms in total. The van der Waals surface area contributed by atoms with Gasteiger partial charge in [0.1, 0.15) is 0 Å². The molecule has 80 valence electrons. The predicted molar refractivity (Wildman–Crippen MR) is 59.9 cm³/mol. The number of urea groups is 1. The highest BCUT2D eigenvalue weighted by atomic mass is 16.2. The van der Waals surface area contributed by atoms with Gasteiger partial charge in [0.05, 0.1) is 0 Å². The number of hydrogen-bond acceptors (Lipinski definition) is 1. The van der Waals surface area contributed by atoms with Gasteiger partial charge < -0.3 is 10.6 Å². The first-order valence-electron chi connectivity index (χ1n) is 5.20. The third kappa shape index (κ3) is 1.82. The fraction of sp³-hybridized carbons (Fsp3) is 0.417. The Hall–Kier alpha value is -1.51. The molecule has 0 spiro atoms. The molecular weight excluding hydrogens is 188 g/mol. The minimum atomic E-state index is -0.0685. The summed E-state index contributed by atoms with van der Waals surface area (Å²) in [5, 5.41) is 5.70. The van der Waals surface area contributed by atoms with E-state index in [1.165, 1.54) is 11.1 Å². The highest BCUT2D eigenvalue weighted by molar-refractivity contribution is 5.75. The average Bonchev–Trinajstić information content (AvgIpc) is 2.23. The highest BCUT2D eigenvalue weighted by Crippen LogP contribution is 2.26. The lowest BCUT2D eigenvalue weighted by molar-refractivity contribution is 0.225. The molecule has 0 saturated carbocycles. The van der Waals surface area contributed by atoms with Crippen molar-refractivity contribution >= 4 is 6.03 Å². The molecule has 1 aliphatic rings. The van der Waals surface area contributed by atoms with Crippen LogP contribution in [0.1, 0.15) is 18.1 Å². The van der Waals surface area contributed by atoms with Gasteiger partial charge in [0.15, 0.2) is 0 Å². The zero-order valence-corrected chi connectivity index (χ0v) is 9.13. The normalized spacial score (nSPS) is 19.2. The first-order valence-corrected chi connectivity index (χ1v) is 5.20. The monoisotopic (exact) mass is 204 g/mol. The highest BCUT2D eigenvalue weighted by Gasteiger charge is 2.32. The maximum Gasteiger partial charge on any atom is 0.314 e. The molecular formula is C12H16N2O. The second-order valence-corrected chi connectivity index (χ2v) is 4.41. The summed E-state index contributed by atoms with van der Waals surface area (Å²) >= 11 is 0. The van der Waals surface area contributed by atoms with E-state index in [-0.39, 0.29) is 11.4 Å². The summed E-state index contributed by atoms with van der Waals surface area (Å²) in [6.45, 7) is 5.67. The summed E-state index contributed by atoms with van der Waals surface area (Å²) in [6.07, 6.45) is 0. The smallest absolute Gasteiger partial charge is 0.314 e. The molecule has 0 aromatic heterocycles. The van der Waals surface area contributed by atoms with Crippen molar-refractivity contribution in [2.75, 3.05) is 13.1 Å². The van der Waals surface area contributed by atoms with Crippen LogP contribution < -0.4 is 10.6 Å². The Bertz CT molecular complexity index is 377. The van der Waals surface area contributed by atoms with Gasteiger partial charge in [-0.05, 0) is 18.1 Å². The minimum absolute atomic E-state index is 0.000741. The molecule has 0 bridgehead atoms. The van der Waals surface area contributed by atoms with Gasteiger partial charge in [0.25, 0.3) is 0 Å². The first kappa shape index (κ1) is 10.0. The molecule has 0 aliphatic carbocycles. The van der Waals surface area contributed by atoms with Crippen molar-refractivity contribution in [3.05, 3.63) is 35.4 Å². The van der Waals surface area contributed by atoms with Crippen LogP contribution in [0.5, 0.6) is 0 Å². The first-order chi connectivity index (χ1) is 7.12. The van der Waals surface area contributed by atoms with E-state index < -0.39 is 0 Å². The van der Waals surface area contributed by atoms with Gasteiger partial charge in [-0.1, -0.05) is 31.2 Å². The number of aryl methyl sites for hydroxylation is 1. The van der Waals surface area contributed by atoms with E-state index in [9.17, 15) is 4.79 Å². The summed E-state index contributed by atoms with van der Waals surface area (Å²) in [7, 11) is 0. The van der Waals surface area contributed by atoms with Crippen molar-refractivity contribution in [3.63, 3.8) is 0 Å². The van der Waals surface area contributed by atoms with Crippen LogP contribution >= 0.6 is 0 Å². The number of hydrogen-bond donors (Lipinski definition) is 2. The summed E-state index contributed by atoms with van der Waals surface area (Å²) < 4.78 is 0. The van der Waals surface area contributed by atoms with Crippen molar-refractivity contribution in [2.45, 2.75) is 19.3 Å². The summed E-state index contributed by atoms with van der Waals surface area (Å²) in [5.74, 6) is 0. The summed E-state index contributed by atoms with van der Waals surface area (Å²) in [6, 6.07) is 8.26. The molecule has 1 heterocycles. The number of carbonyl (C=O) groups excluding carboxylic acids is 1. The summed E-state index contributed by atoms with van der Waals surface area (Å²) in [5.41, 5.74) is 2.58. The van der Waals surface area contributed by atoms with E-state index in [0.717, 1.165) is 0 Å². The molecule has 0 radical (unpaired) electrons. The fourth-order valence-electron chi connectivity index (χ4n) is 2.12. The van der Waals surface area contributed by atoms with Crippen molar-refractivity contribution in [1.82, 2.24) is 10.6 Å². The van der Waals surface area contributed by atoms with Gasteiger partial charge in [0, 0.05) is 18.5 Å². The Kier molecular flexibility index (Phi) is 2.39. The Balaban J connectivity index is 2.30. The van der Waals surface area contributed by atoms with E-state index in [4.69, 9.17) is 0 Å². The largest absolute Gasteiger partial charge is 0.337 e. The van der Waals surface area contributed by atoms with Gasteiger partial charge in [-0.15, -0.1) is 0 Å². The van der Waals surface area contributed by atoms with Gasteiger partial charge in [-0.25, -0.2) is 4.79 Å². The maximum absolute atomic E-state index is 11.0. The third-order valence-corrected chi connectivity index (χ3v) is 3.07. The quantitative estimate of drug-likeness (QED) is 0.716. The Morgan fingerprint density at radius 3 is 2.40 bits per heavy atom. The number of nitrogens with one attached hydrogen (secondary N) is 2. The molecule has 2 N–H and O–H groups in total. The third-order valence-electron chi connectivity index (χ3n) is 3.07. The van der Waals surface area contributed by atoms with Crippen LogP contribution in [0.4, 0.5) is 4.79 Å². The molecule has 1 aromatic rings. The van der Waals surface area contributed by atoms with Crippen LogP contribution in [0.2, 0.25) is 0 Å². The molecule has 1 fully saturated rings. The zero-order chi connectivity index (χ0) is 10.9. The minimum Gasteiger partial charge on any atom is -0.337 e. The van der Waals surface area contributed by atoms with Crippen LogP contribution in [0.25, 0.3) is 0 Å². The molecule has 1 aliphatic heterocycles. The number of carbonyl (C=O) groups is 1. The number of amides is 2. The van der Waals surface area contributed by atoms with Crippen LogP contribution in [-0.4, -0.2) is 19.1 Å². The lowest BCUT2D eigenvalue weighted by atomic mass is 9.79. The number of rotatable bonds is 1. The molecule has 1 aromatic carbocycles. The van der Waals surface area contributed by atoms with Gasteiger partial charge >= 0.3 is 6.03 Å². The topological polar surface area (TPSA) is 41.1 Å². The van der Waals surface area contributed by atoms with Crippen molar-refractivity contribution in [2.24, 2.45) is 0 Å². The van der Waals surface area contributed by atoms with Gasteiger partial charge in [-0.3, -0.25) is 0 Å². The zero-order valence-electron chi connectivity index (χ0n) is 9.13. The Morgan fingerprint density at radius 2 is 1.80 bits per heavy atom. The second-order valence-electron chi connectivity index (χ2n) is 4.41. The Labute approximate surface area is 89.9 Å². The molecule has 0 atom stereocenters. The molecule has 0 unspecified atom stereocenters. The van der Waals surface area contributed by atoms with Gasteiger partial charge in [-0.2, -0.15) is 0 Å². The SMILES string of the molecule is Cc1ccccc1C1(C)CNC(=O)NC1. The Morgan fingerprint density at radius 1 is 1.20 bits per heavy atom. The van der Waals surface area contributed by atoms with Crippen molar-refractivity contribution in [3.8, 4) is 0 Å². The molecule has 3 heteroatoms. The van der Waals surface area contributed by atoms with E-state index in [1.807, 2.05) is 12.1 Å². The van der Waals surface area contributed by atoms with E-state index in [1.54, 1.807) is 0 Å². The van der Waals surface area contributed by atoms with Crippen LogP contribution in [0.15, 0.2) is 24.3 Å². The molecule has 2 rings (SSSR count). The van der Waals surface area contributed by atoms with Gasteiger partial charge in [0.2, 0.25) is 0 Å². The molecule has 15 heavy (non-hydrogen) atoms. The van der Waals surface area contributed by atoms with Crippen LogP contribution in [-0.2, 0) is 5.41 Å². The second kappa shape index (κ2) is 3.57. The number of benzene rings is 1. The maximum atomic E-state index is 11.0. The van der Waals surface area contributed by atoms with E-state index in [0.29, 0.717) is 13.1 Å². The lowest BCUT2D eigenvalue weighted by Crippen LogP contribution is -2.56. The standard InChI is InChI=1S/C12H16N2O/c1-9-5-3-4-6-10(9)12(2)7-13-11(15)14-8-12/h3-6H,7-8H2,1-2H3,(H2,13,14,15). The molecule has 1 saturated heterocycles. The fourth-order valence-corrected chi connectivity index (χ4v) is 2.12. The molecule has 2 amide bonds. The lowest BCUT2D eigenvalue weighted by Gasteiger charge is -2.35. The predicted octanol–water partition coefficient (Wildman–Crippen LogP) is 1.57.